The van der Waals surface area contributed by atoms with Gasteiger partial charge in [0.2, 0.25) is 0 Å². The van der Waals surface area contributed by atoms with Crippen LogP contribution in [0.1, 0.15) is 16.3 Å². The molecule has 0 aliphatic rings. The van der Waals surface area contributed by atoms with Crippen LogP contribution in [0.5, 0.6) is 0 Å². The summed E-state index contributed by atoms with van der Waals surface area (Å²) < 4.78 is 39.9. The number of hydrogen-bond donors (Lipinski definition) is 0. The molecule has 0 bridgehead atoms. The summed E-state index contributed by atoms with van der Waals surface area (Å²) in [7, 11) is -4.62. The minimum Gasteiger partial charge on any atom is -0.457 e. The Morgan fingerprint density at radius 2 is 1.80 bits per heavy atom. The molecule has 2 aromatic rings. The predicted octanol–water partition coefficient (Wildman–Crippen LogP) is 1.80. The third kappa shape index (κ3) is 3.43. The lowest BCUT2D eigenvalue weighted by Gasteiger charge is -2.02. The maximum Gasteiger partial charge on any atom is 0.185 e. The lowest BCUT2D eigenvalue weighted by molar-refractivity contribution is 0.109. The van der Waals surface area contributed by atoms with Crippen molar-refractivity contribution in [3.05, 3.63) is 47.9 Å². The average molecular weight is 312 g/mol. The van der Waals surface area contributed by atoms with Crippen molar-refractivity contribution in [3.63, 3.8) is 0 Å². The summed E-state index contributed by atoms with van der Waals surface area (Å²) >= 11 is 0. The molecule has 106 valence electrons. The number of hydrogen-bond acceptors (Lipinski definition) is 5. The van der Waals surface area contributed by atoms with Gasteiger partial charge in [-0.25, -0.2) is 8.42 Å². The fourth-order valence-electron chi connectivity index (χ4n) is 1.59. The molecule has 5 nitrogen and oxygen atoms in total. The van der Waals surface area contributed by atoms with Gasteiger partial charge < -0.3 is 4.42 Å². The van der Waals surface area contributed by atoms with Crippen LogP contribution in [-0.4, -0.2) is 25.2 Å². The topological polar surface area (TPSA) is 81.4 Å². The number of rotatable bonds is 5. The number of aldehydes is 1. The molecule has 0 saturated heterocycles. The Balaban J connectivity index is 2.15. The van der Waals surface area contributed by atoms with E-state index < -0.39 is 20.6 Å². The van der Waals surface area contributed by atoms with Crippen LogP contribution >= 0.6 is 0 Å². The van der Waals surface area contributed by atoms with Crippen molar-refractivity contribution in [1.82, 2.24) is 0 Å². The largest absolute Gasteiger partial charge is 0.457 e. The maximum absolute atomic E-state index is 12.1. The molecular weight excluding hydrogens is 300 g/mol. The monoisotopic (exact) mass is 312 g/mol. The molecule has 0 spiro atoms. The highest BCUT2D eigenvalue weighted by Gasteiger charge is 2.11. The van der Waals surface area contributed by atoms with Crippen molar-refractivity contribution in [3.8, 4) is 0 Å². The van der Waals surface area contributed by atoms with E-state index in [9.17, 15) is 17.4 Å². The van der Waals surface area contributed by atoms with E-state index in [-0.39, 0.29) is 16.4 Å². The lowest BCUT2D eigenvalue weighted by Crippen LogP contribution is -1.99. The second kappa shape index (κ2) is 5.72. The Bertz CT molecular complexity index is 741. The van der Waals surface area contributed by atoms with E-state index in [1.54, 1.807) is 6.07 Å². The SMILES string of the molecule is CS(=O)(=O)c1ccc(S(=O)Cc2ccc(C=O)o2)cc1. The van der Waals surface area contributed by atoms with E-state index in [4.69, 9.17) is 4.42 Å². The first-order valence-electron chi connectivity index (χ1n) is 5.62. The molecule has 0 N–H and O–H groups in total. The molecule has 0 aliphatic heterocycles. The van der Waals surface area contributed by atoms with Gasteiger partial charge in [-0.2, -0.15) is 0 Å². The highest BCUT2D eigenvalue weighted by atomic mass is 32.2. The zero-order chi connectivity index (χ0) is 14.8. The fraction of sp³-hybridized carbons (Fsp3) is 0.154. The molecule has 1 aromatic heterocycles. The van der Waals surface area contributed by atoms with Crippen LogP contribution in [0.3, 0.4) is 0 Å². The molecule has 20 heavy (non-hydrogen) atoms. The van der Waals surface area contributed by atoms with E-state index in [2.05, 4.69) is 0 Å². The lowest BCUT2D eigenvalue weighted by atomic mass is 10.4. The Morgan fingerprint density at radius 3 is 2.30 bits per heavy atom. The third-order valence-corrected chi connectivity index (χ3v) is 5.06. The highest BCUT2D eigenvalue weighted by molar-refractivity contribution is 7.90. The molecule has 1 atom stereocenters. The number of benzene rings is 1. The number of carbonyl (C=O) groups is 1. The average Bonchev–Trinajstić information content (AvgIpc) is 2.85. The molecular formula is C13H12O5S2. The first-order valence-corrected chi connectivity index (χ1v) is 8.83. The summed E-state index contributed by atoms with van der Waals surface area (Å²) in [5, 5.41) is 0. The summed E-state index contributed by atoms with van der Waals surface area (Å²) in [6.07, 6.45) is 1.69. The molecule has 1 aromatic carbocycles. The van der Waals surface area contributed by atoms with Crippen LogP contribution in [0.25, 0.3) is 0 Å². The van der Waals surface area contributed by atoms with Gasteiger partial charge in [0.15, 0.2) is 21.9 Å². The molecule has 1 unspecified atom stereocenters. The summed E-state index contributed by atoms with van der Waals surface area (Å²) in [6, 6.07) is 8.95. The minimum atomic E-state index is -3.26. The number of carbonyl (C=O) groups excluding carboxylic acids is 1. The van der Waals surface area contributed by atoms with Gasteiger partial charge in [-0.15, -0.1) is 0 Å². The molecule has 7 heteroatoms. The molecule has 0 aliphatic carbocycles. The van der Waals surface area contributed by atoms with Gasteiger partial charge in [0, 0.05) is 11.2 Å². The quantitative estimate of drug-likeness (QED) is 0.786. The van der Waals surface area contributed by atoms with E-state index >= 15 is 0 Å². The molecule has 0 fully saturated rings. The van der Waals surface area contributed by atoms with E-state index in [1.165, 1.54) is 30.3 Å². The highest BCUT2D eigenvalue weighted by Crippen LogP contribution is 2.17. The Labute approximate surface area is 119 Å². The smallest absolute Gasteiger partial charge is 0.185 e. The fourth-order valence-corrected chi connectivity index (χ4v) is 3.24. The Hall–Kier alpha value is -1.73. The van der Waals surface area contributed by atoms with Crippen molar-refractivity contribution in [2.24, 2.45) is 0 Å². The molecule has 1 heterocycles. The Kier molecular flexibility index (Phi) is 4.20. The Morgan fingerprint density at radius 1 is 1.15 bits per heavy atom. The zero-order valence-electron chi connectivity index (χ0n) is 10.6. The summed E-state index contributed by atoms with van der Waals surface area (Å²) in [6.45, 7) is 0. The molecule has 0 amide bonds. The summed E-state index contributed by atoms with van der Waals surface area (Å²) in [5.41, 5.74) is 0. The second-order valence-electron chi connectivity index (χ2n) is 4.16. The van der Waals surface area contributed by atoms with Gasteiger partial charge in [0.1, 0.15) is 5.76 Å². The van der Waals surface area contributed by atoms with Gasteiger partial charge >= 0.3 is 0 Å². The van der Waals surface area contributed by atoms with Gasteiger partial charge in [-0.3, -0.25) is 9.00 Å². The van der Waals surface area contributed by atoms with Crippen molar-refractivity contribution in [2.75, 3.05) is 6.26 Å². The van der Waals surface area contributed by atoms with E-state index in [0.29, 0.717) is 16.9 Å². The maximum atomic E-state index is 12.1. The number of furan rings is 1. The van der Waals surface area contributed by atoms with Crippen molar-refractivity contribution in [2.45, 2.75) is 15.5 Å². The van der Waals surface area contributed by atoms with E-state index in [0.717, 1.165) is 6.26 Å². The van der Waals surface area contributed by atoms with E-state index in [1.807, 2.05) is 0 Å². The van der Waals surface area contributed by atoms with Crippen molar-refractivity contribution < 1.29 is 21.8 Å². The second-order valence-corrected chi connectivity index (χ2v) is 7.62. The standard InChI is InChI=1S/C13H12O5S2/c1-20(16,17)13-6-4-12(5-7-13)19(15)9-11-3-2-10(8-14)18-11/h2-8H,9H2,1H3. The first-order chi connectivity index (χ1) is 9.40. The van der Waals surface area contributed by atoms with Crippen molar-refractivity contribution >= 4 is 26.9 Å². The van der Waals surface area contributed by atoms with Crippen LogP contribution in [0.4, 0.5) is 0 Å². The van der Waals surface area contributed by atoms with Crippen LogP contribution in [0.15, 0.2) is 50.6 Å². The van der Waals surface area contributed by atoms with Crippen LogP contribution in [0, 0.1) is 0 Å². The first kappa shape index (κ1) is 14.7. The van der Waals surface area contributed by atoms with Gasteiger partial charge in [0.25, 0.3) is 0 Å². The van der Waals surface area contributed by atoms with Crippen LogP contribution in [0.2, 0.25) is 0 Å². The number of sulfone groups is 1. The summed E-state index contributed by atoms with van der Waals surface area (Å²) in [5.74, 6) is 0.758. The third-order valence-electron chi connectivity index (χ3n) is 2.59. The molecule has 0 radical (unpaired) electrons. The minimum absolute atomic E-state index is 0.131. The van der Waals surface area contributed by atoms with Crippen LogP contribution < -0.4 is 0 Å². The normalized spacial score (nSPS) is 13.1. The molecule has 0 saturated carbocycles. The van der Waals surface area contributed by atoms with Gasteiger partial charge in [-0.1, -0.05) is 0 Å². The zero-order valence-corrected chi connectivity index (χ0v) is 12.2. The van der Waals surface area contributed by atoms with Gasteiger partial charge in [0.05, 0.1) is 21.4 Å². The molecule has 2 rings (SSSR count). The van der Waals surface area contributed by atoms with Gasteiger partial charge in [-0.05, 0) is 36.4 Å². The van der Waals surface area contributed by atoms with Crippen molar-refractivity contribution in [1.29, 1.82) is 0 Å². The predicted molar refractivity (Wildman–Crippen MR) is 73.8 cm³/mol. The summed E-state index contributed by atoms with van der Waals surface area (Å²) in [4.78, 5) is 11.2. The van der Waals surface area contributed by atoms with Crippen LogP contribution in [-0.2, 0) is 26.4 Å².